The Labute approximate surface area is 125 Å². The fraction of sp³-hybridized carbons (Fsp3) is 0.533. The predicted octanol–water partition coefficient (Wildman–Crippen LogP) is 1.13. The van der Waals surface area contributed by atoms with E-state index in [1.54, 1.807) is 19.2 Å². The van der Waals surface area contributed by atoms with Gasteiger partial charge in [-0.2, -0.15) is 0 Å². The molecule has 1 aromatic rings. The Balaban J connectivity index is 1.95. The minimum absolute atomic E-state index is 0.171. The summed E-state index contributed by atoms with van der Waals surface area (Å²) in [7, 11) is -1.52. The van der Waals surface area contributed by atoms with Gasteiger partial charge in [0.2, 0.25) is 5.91 Å². The molecule has 5 nitrogen and oxygen atoms in total. The van der Waals surface area contributed by atoms with Crippen molar-refractivity contribution < 1.29 is 17.9 Å². The Morgan fingerprint density at radius 1 is 1.29 bits per heavy atom. The lowest BCUT2D eigenvalue weighted by Gasteiger charge is -2.16. The van der Waals surface area contributed by atoms with Crippen LogP contribution in [0.5, 0.6) is 0 Å². The standard InChI is InChI=1S/C15H21NO4S/c1-20-8-7-16-11-13(10-15(16)17)9-12-3-5-14(6-4-12)21(2,18)19/h3-6,13H,7-11H2,1-2H3/t13-/m1/s1. The van der Waals surface area contributed by atoms with Gasteiger partial charge in [-0.3, -0.25) is 4.79 Å². The zero-order valence-electron chi connectivity index (χ0n) is 12.4. The molecule has 0 saturated carbocycles. The summed E-state index contributed by atoms with van der Waals surface area (Å²) in [6, 6.07) is 6.92. The molecule has 1 aromatic carbocycles. The fourth-order valence-corrected chi connectivity index (χ4v) is 3.24. The van der Waals surface area contributed by atoms with Crippen LogP contribution < -0.4 is 0 Å². The monoisotopic (exact) mass is 311 g/mol. The van der Waals surface area contributed by atoms with Gasteiger partial charge in [0, 0.05) is 32.9 Å². The number of methoxy groups -OCH3 is 1. The third-order valence-corrected chi connectivity index (χ3v) is 4.86. The first-order valence-corrected chi connectivity index (χ1v) is 8.85. The smallest absolute Gasteiger partial charge is 0.223 e. The van der Waals surface area contributed by atoms with Gasteiger partial charge in [-0.15, -0.1) is 0 Å². The van der Waals surface area contributed by atoms with E-state index < -0.39 is 9.84 Å². The van der Waals surface area contributed by atoms with Crippen molar-refractivity contribution in [2.75, 3.05) is 33.1 Å². The number of ether oxygens (including phenoxy) is 1. The molecule has 21 heavy (non-hydrogen) atoms. The molecule has 1 amide bonds. The minimum atomic E-state index is -3.15. The van der Waals surface area contributed by atoms with Crippen molar-refractivity contribution in [2.24, 2.45) is 5.92 Å². The number of hydrogen-bond donors (Lipinski definition) is 0. The van der Waals surface area contributed by atoms with Crippen molar-refractivity contribution in [3.63, 3.8) is 0 Å². The molecule has 0 aromatic heterocycles. The van der Waals surface area contributed by atoms with Crippen LogP contribution in [0.1, 0.15) is 12.0 Å². The highest BCUT2D eigenvalue weighted by Gasteiger charge is 2.29. The van der Waals surface area contributed by atoms with Crippen molar-refractivity contribution in [3.05, 3.63) is 29.8 Å². The van der Waals surface area contributed by atoms with E-state index in [1.807, 2.05) is 17.0 Å². The SMILES string of the molecule is COCCN1C[C@H](Cc2ccc(S(C)(=O)=O)cc2)CC1=O. The highest BCUT2D eigenvalue weighted by atomic mass is 32.2. The zero-order chi connectivity index (χ0) is 15.5. The lowest BCUT2D eigenvalue weighted by molar-refractivity contribution is -0.128. The van der Waals surface area contributed by atoms with Crippen LogP contribution in [0.3, 0.4) is 0 Å². The average molecular weight is 311 g/mol. The quantitative estimate of drug-likeness (QED) is 0.790. The molecule has 1 saturated heterocycles. The second-order valence-corrected chi connectivity index (χ2v) is 7.54. The maximum atomic E-state index is 11.9. The van der Waals surface area contributed by atoms with Crippen LogP contribution in [0, 0.1) is 5.92 Å². The molecule has 0 unspecified atom stereocenters. The topological polar surface area (TPSA) is 63.7 Å². The van der Waals surface area contributed by atoms with Crippen LogP contribution in [0.25, 0.3) is 0 Å². The molecule has 6 heteroatoms. The normalized spacial score (nSPS) is 19.2. The van der Waals surface area contributed by atoms with Crippen molar-refractivity contribution in [1.82, 2.24) is 4.90 Å². The van der Waals surface area contributed by atoms with E-state index in [0.717, 1.165) is 18.5 Å². The van der Waals surface area contributed by atoms with E-state index in [1.165, 1.54) is 6.26 Å². The molecule has 1 atom stereocenters. The number of benzene rings is 1. The van der Waals surface area contributed by atoms with Crippen LogP contribution in [-0.4, -0.2) is 52.3 Å². The van der Waals surface area contributed by atoms with Crippen LogP contribution in [-0.2, 0) is 25.8 Å². The van der Waals surface area contributed by atoms with Crippen molar-refractivity contribution >= 4 is 15.7 Å². The van der Waals surface area contributed by atoms with Gasteiger partial charge in [0.05, 0.1) is 11.5 Å². The van der Waals surface area contributed by atoms with Gasteiger partial charge in [0.25, 0.3) is 0 Å². The molecule has 0 radical (unpaired) electrons. The molecule has 1 fully saturated rings. The number of rotatable bonds is 6. The lowest BCUT2D eigenvalue weighted by atomic mass is 9.99. The molecule has 1 aliphatic heterocycles. The molecule has 116 valence electrons. The first-order chi connectivity index (χ1) is 9.90. The third kappa shape index (κ3) is 4.28. The van der Waals surface area contributed by atoms with Crippen LogP contribution in [0.15, 0.2) is 29.2 Å². The average Bonchev–Trinajstić information content (AvgIpc) is 2.76. The van der Waals surface area contributed by atoms with Crippen molar-refractivity contribution in [1.29, 1.82) is 0 Å². The lowest BCUT2D eigenvalue weighted by Crippen LogP contribution is -2.28. The number of carbonyl (C=O) groups excluding carboxylic acids is 1. The Morgan fingerprint density at radius 2 is 1.95 bits per heavy atom. The van der Waals surface area contributed by atoms with E-state index in [-0.39, 0.29) is 5.91 Å². The second kappa shape index (κ2) is 6.58. The third-order valence-electron chi connectivity index (χ3n) is 3.74. The van der Waals surface area contributed by atoms with E-state index in [9.17, 15) is 13.2 Å². The summed E-state index contributed by atoms with van der Waals surface area (Å²) in [6.45, 7) is 1.94. The van der Waals surface area contributed by atoms with E-state index in [4.69, 9.17) is 4.74 Å². The Morgan fingerprint density at radius 3 is 2.52 bits per heavy atom. The summed E-state index contributed by atoms with van der Waals surface area (Å²) < 4.78 is 27.8. The highest BCUT2D eigenvalue weighted by molar-refractivity contribution is 7.90. The molecule has 2 rings (SSSR count). The second-order valence-electron chi connectivity index (χ2n) is 5.52. The van der Waals surface area contributed by atoms with Gasteiger partial charge >= 0.3 is 0 Å². The Kier molecular flexibility index (Phi) is 5.00. The van der Waals surface area contributed by atoms with E-state index in [0.29, 0.717) is 30.4 Å². The van der Waals surface area contributed by atoms with Gasteiger partial charge in [0.15, 0.2) is 9.84 Å². The largest absolute Gasteiger partial charge is 0.383 e. The molecule has 0 aliphatic carbocycles. The summed E-state index contributed by atoms with van der Waals surface area (Å²) in [6.07, 6.45) is 2.54. The molecule has 1 heterocycles. The first-order valence-electron chi connectivity index (χ1n) is 6.96. The summed E-state index contributed by atoms with van der Waals surface area (Å²) in [5, 5.41) is 0. The van der Waals surface area contributed by atoms with Crippen molar-refractivity contribution in [3.8, 4) is 0 Å². The van der Waals surface area contributed by atoms with Crippen molar-refractivity contribution in [2.45, 2.75) is 17.7 Å². The molecule has 0 N–H and O–H groups in total. The summed E-state index contributed by atoms with van der Waals surface area (Å²) in [5.41, 5.74) is 1.06. The van der Waals surface area contributed by atoms with Gasteiger partial charge in [0.1, 0.15) is 0 Å². The first kappa shape index (κ1) is 16.0. The number of sulfone groups is 1. The van der Waals surface area contributed by atoms with Gasteiger partial charge in [-0.1, -0.05) is 12.1 Å². The highest BCUT2D eigenvalue weighted by Crippen LogP contribution is 2.22. The predicted molar refractivity (Wildman–Crippen MR) is 79.8 cm³/mol. The number of hydrogen-bond acceptors (Lipinski definition) is 4. The number of amides is 1. The molecule has 0 bridgehead atoms. The number of nitrogens with zero attached hydrogens (tertiary/aromatic N) is 1. The number of likely N-dealkylation sites (tertiary alicyclic amines) is 1. The zero-order valence-corrected chi connectivity index (χ0v) is 13.2. The summed E-state index contributed by atoms with van der Waals surface area (Å²) in [4.78, 5) is 14.0. The minimum Gasteiger partial charge on any atom is -0.383 e. The van der Waals surface area contributed by atoms with Gasteiger partial charge in [-0.05, 0) is 30.0 Å². The Bertz CT molecular complexity index is 595. The van der Waals surface area contributed by atoms with Crippen LogP contribution >= 0.6 is 0 Å². The van der Waals surface area contributed by atoms with Gasteiger partial charge < -0.3 is 9.64 Å². The van der Waals surface area contributed by atoms with E-state index >= 15 is 0 Å². The van der Waals surface area contributed by atoms with Crippen LogP contribution in [0.2, 0.25) is 0 Å². The van der Waals surface area contributed by atoms with Gasteiger partial charge in [-0.25, -0.2) is 8.42 Å². The molecular weight excluding hydrogens is 290 g/mol. The van der Waals surface area contributed by atoms with E-state index in [2.05, 4.69) is 0 Å². The summed E-state index contributed by atoms with van der Waals surface area (Å²) >= 11 is 0. The Hall–Kier alpha value is -1.40. The molecule has 1 aliphatic rings. The summed E-state index contributed by atoms with van der Waals surface area (Å²) in [5.74, 6) is 0.461. The molecular formula is C15H21NO4S. The fourth-order valence-electron chi connectivity index (χ4n) is 2.61. The maximum absolute atomic E-state index is 11.9. The maximum Gasteiger partial charge on any atom is 0.223 e. The molecule has 0 spiro atoms. The number of carbonyl (C=O) groups is 1. The van der Waals surface area contributed by atoms with Crippen LogP contribution in [0.4, 0.5) is 0 Å².